The number of hydrogen-bond donors (Lipinski definition) is 1. The Morgan fingerprint density at radius 1 is 1.47 bits per heavy atom. The molecule has 1 fully saturated rings. The second kappa shape index (κ2) is 4.30. The van der Waals surface area contributed by atoms with Gasteiger partial charge < -0.3 is 10.1 Å². The summed E-state index contributed by atoms with van der Waals surface area (Å²) < 4.78 is 5.38. The highest BCUT2D eigenvalue weighted by atomic mass is 16.5. The van der Waals surface area contributed by atoms with Crippen LogP contribution in [0.15, 0.2) is 12.4 Å². The first-order chi connectivity index (χ1) is 8.09. The molecule has 1 N–H and O–H groups in total. The van der Waals surface area contributed by atoms with E-state index in [0.717, 1.165) is 6.42 Å². The van der Waals surface area contributed by atoms with Gasteiger partial charge in [0.25, 0.3) is 0 Å². The highest BCUT2D eigenvalue weighted by Gasteiger charge is 2.48. The first kappa shape index (κ1) is 11.8. The van der Waals surface area contributed by atoms with Crippen LogP contribution in [0.5, 0.6) is 0 Å². The Bertz CT molecular complexity index is 452. The monoisotopic (exact) mass is 232 g/mol. The van der Waals surface area contributed by atoms with E-state index in [1.165, 1.54) is 6.20 Å². The number of nitriles is 1. The number of nitrogens with one attached hydrogen (secondary N) is 1. The molecule has 1 heterocycles. The second-order valence-electron chi connectivity index (χ2n) is 4.84. The van der Waals surface area contributed by atoms with E-state index in [2.05, 4.69) is 29.1 Å². The Labute approximate surface area is 101 Å². The Balaban J connectivity index is 2.11. The normalized spacial score (nSPS) is 25.8. The SMILES string of the molecule is COC1CC(Nc2nccnc2C#N)C1(C)C. The van der Waals surface area contributed by atoms with E-state index in [1.54, 1.807) is 13.3 Å². The van der Waals surface area contributed by atoms with Crippen molar-refractivity contribution in [2.75, 3.05) is 12.4 Å². The lowest BCUT2D eigenvalue weighted by Gasteiger charge is -2.51. The summed E-state index contributed by atoms with van der Waals surface area (Å²) in [6.45, 7) is 4.29. The van der Waals surface area contributed by atoms with Gasteiger partial charge in [-0.25, -0.2) is 9.97 Å². The molecule has 2 unspecified atom stereocenters. The van der Waals surface area contributed by atoms with Crippen LogP contribution in [0.25, 0.3) is 0 Å². The zero-order valence-corrected chi connectivity index (χ0v) is 10.3. The third-order valence-corrected chi connectivity index (χ3v) is 3.58. The average Bonchev–Trinajstić information content (AvgIpc) is 2.34. The second-order valence-corrected chi connectivity index (χ2v) is 4.84. The Kier molecular flexibility index (Phi) is 2.99. The number of nitrogens with zero attached hydrogens (tertiary/aromatic N) is 3. The predicted molar refractivity (Wildman–Crippen MR) is 63.4 cm³/mol. The standard InChI is InChI=1S/C12H16N4O/c1-12(2)9(6-10(12)17-3)16-11-8(7-13)14-4-5-15-11/h4-5,9-10H,6H2,1-3H3,(H,15,16). The van der Waals surface area contributed by atoms with Crippen molar-refractivity contribution >= 4 is 5.82 Å². The number of hydrogen-bond acceptors (Lipinski definition) is 5. The molecule has 17 heavy (non-hydrogen) atoms. The molecule has 0 aliphatic heterocycles. The first-order valence-electron chi connectivity index (χ1n) is 5.60. The molecule has 1 saturated carbocycles. The fourth-order valence-corrected chi connectivity index (χ4v) is 2.22. The molecule has 1 aromatic rings. The van der Waals surface area contributed by atoms with Crippen LogP contribution < -0.4 is 5.32 Å². The van der Waals surface area contributed by atoms with E-state index >= 15 is 0 Å². The van der Waals surface area contributed by atoms with Gasteiger partial charge in [-0.1, -0.05) is 13.8 Å². The summed E-state index contributed by atoms with van der Waals surface area (Å²) in [5, 5.41) is 12.2. The van der Waals surface area contributed by atoms with Crippen LogP contribution in [-0.2, 0) is 4.74 Å². The number of rotatable bonds is 3. The molecule has 1 aromatic heterocycles. The predicted octanol–water partition coefficient (Wildman–Crippen LogP) is 1.57. The summed E-state index contributed by atoms with van der Waals surface area (Å²) in [6, 6.07) is 2.29. The van der Waals surface area contributed by atoms with Gasteiger partial charge >= 0.3 is 0 Å². The van der Waals surface area contributed by atoms with Gasteiger partial charge in [-0.2, -0.15) is 5.26 Å². The van der Waals surface area contributed by atoms with Gasteiger partial charge in [0, 0.05) is 31.0 Å². The first-order valence-corrected chi connectivity index (χ1v) is 5.60. The van der Waals surface area contributed by atoms with Crippen LogP contribution in [0.3, 0.4) is 0 Å². The molecule has 0 aromatic carbocycles. The van der Waals surface area contributed by atoms with E-state index in [-0.39, 0.29) is 17.6 Å². The van der Waals surface area contributed by atoms with Crippen molar-refractivity contribution < 1.29 is 4.74 Å². The summed E-state index contributed by atoms with van der Waals surface area (Å²) in [5.74, 6) is 0.558. The Hall–Kier alpha value is -1.67. The average molecular weight is 232 g/mol. The lowest BCUT2D eigenvalue weighted by molar-refractivity contribution is -0.0795. The fourth-order valence-electron chi connectivity index (χ4n) is 2.22. The van der Waals surface area contributed by atoms with Crippen molar-refractivity contribution in [3.63, 3.8) is 0 Å². The van der Waals surface area contributed by atoms with Crippen molar-refractivity contribution in [1.82, 2.24) is 9.97 Å². The van der Waals surface area contributed by atoms with E-state index in [9.17, 15) is 0 Å². The molecular formula is C12H16N4O. The highest BCUT2D eigenvalue weighted by Crippen LogP contribution is 2.43. The quantitative estimate of drug-likeness (QED) is 0.856. The highest BCUT2D eigenvalue weighted by molar-refractivity contribution is 5.48. The summed E-state index contributed by atoms with van der Waals surface area (Å²) >= 11 is 0. The van der Waals surface area contributed by atoms with Crippen LogP contribution in [-0.4, -0.2) is 29.2 Å². The van der Waals surface area contributed by atoms with E-state index < -0.39 is 0 Å². The van der Waals surface area contributed by atoms with Crippen LogP contribution in [0.1, 0.15) is 26.0 Å². The van der Waals surface area contributed by atoms with Gasteiger partial charge in [0.2, 0.25) is 0 Å². The summed E-state index contributed by atoms with van der Waals surface area (Å²) in [5.41, 5.74) is 0.378. The van der Waals surface area contributed by atoms with Gasteiger partial charge in [-0.15, -0.1) is 0 Å². The maximum atomic E-state index is 8.93. The smallest absolute Gasteiger partial charge is 0.182 e. The zero-order valence-electron chi connectivity index (χ0n) is 10.3. The molecule has 0 radical (unpaired) electrons. The third-order valence-electron chi connectivity index (χ3n) is 3.58. The van der Waals surface area contributed by atoms with Crippen LogP contribution >= 0.6 is 0 Å². The largest absolute Gasteiger partial charge is 0.381 e. The number of methoxy groups -OCH3 is 1. The van der Waals surface area contributed by atoms with Crippen molar-refractivity contribution in [1.29, 1.82) is 5.26 Å². The Morgan fingerprint density at radius 3 is 2.76 bits per heavy atom. The molecule has 5 heteroatoms. The van der Waals surface area contributed by atoms with Crippen molar-refractivity contribution in [3.05, 3.63) is 18.1 Å². The van der Waals surface area contributed by atoms with Gasteiger partial charge in [0.15, 0.2) is 11.5 Å². The van der Waals surface area contributed by atoms with Gasteiger partial charge in [-0.3, -0.25) is 0 Å². The minimum atomic E-state index is 0.0407. The molecule has 5 nitrogen and oxygen atoms in total. The Morgan fingerprint density at radius 2 is 2.18 bits per heavy atom. The summed E-state index contributed by atoms with van der Waals surface area (Å²) in [4.78, 5) is 8.13. The zero-order chi connectivity index (χ0) is 12.5. The van der Waals surface area contributed by atoms with E-state index in [0.29, 0.717) is 11.5 Å². The summed E-state index contributed by atoms with van der Waals surface area (Å²) in [7, 11) is 1.73. The molecule has 0 saturated heterocycles. The topological polar surface area (TPSA) is 70.8 Å². The molecule has 0 amide bonds. The maximum absolute atomic E-state index is 8.93. The van der Waals surface area contributed by atoms with Crippen LogP contribution in [0.4, 0.5) is 5.82 Å². The maximum Gasteiger partial charge on any atom is 0.182 e. The van der Waals surface area contributed by atoms with Crippen molar-refractivity contribution in [3.8, 4) is 6.07 Å². The van der Waals surface area contributed by atoms with Crippen molar-refractivity contribution in [2.24, 2.45) is 5.41 Å². The molecule has 0 bridgehead atoms. The minimum Gasteiger partial charge on any atom is -0.381 e. The number of ether oxygens (including phenoxy) is 1. The van der Waals surface area contributed by atoms with E-state index in [1.807, 2.05) is 6.07 Å². The fraction of sp³-hybridized carbons (Fsp3) is 0.583. The van der Waals surface area contributed by atoms with E-state index in [4.69, 9.17) is 10.00 Å². The summed E-state index contributed by atoms with van der Waals surface area (Å²) in [6.07, 6.45) is 4.28. The number of anilines is 1. The molecule has 2 rings (SSSR count). The van der Waals surface area contributed by atoms with Gasteiger partial charge in [0.1, 0.15) is 6.07 Å². The van der Waals surface area contributed by atoms with Crippen molar-refractivity contribution in [2.45, 2.75) is 32.4 Å². The molecule has 0 spiro atoms. The van der Waals surface area contributed by atoms with Crippen LogP contribution in [0.2, 0.25) is 0 Å². The van der Waals surface area contributed by atoms with Crippen LogP contribution in [0, 0.1) is 16.7 Å². The molecule has 1 aliphatic carbocycles. The molecule has 1 aliphatic rings. The third kappa shape index (κ3) is 1.96. The lowest BCUT2D eigenvalue weighted by Crippen LogP contribution is -2.57. The van der Waals surface area contributed by atoms with Gasteiger partial charge in [0.05, 0.1) is 6.10 Å². The lowest BCUT2D eigenvalue weighted by atomic mass is 9.64. The van der Waals surface area contributed by atoms with Gasteiger partial charge in [-0.05, 0) is 6.42 Å². The molecule has 90 valence electrons. The minimum absolute atomic E-state index is 0.0407. The molecule has 2 atom stereocenters. The molecular weight excluding hydrogens is 216 g/mol. The number of aromatic nitrogens is 2.